The van der Waals surface area contributed by atoms with Crippen molar-refractivity contribution in [1.82, 2.24) is 5.32 Å². The first-order valence-corrected chi connectivity index (χ1v) is 9.42. The number of carbonyl (C=O) groups excluding carboxylic acids is 2. The van der Waals surface area contributed by atoms with Gasteiger partial charge in [0.05, 0.1) is 11.3 Å². The minimum Gasteiger partial charge on any atom is -0.481 e. The van der Waals surface area contributed by atoms with Crippen molar-refractivity contribution in [3.8, 4) is 0 Å². The normalized spacial score (nSPS) is 17.6. The van der Waals surface area contributed by atoms with Crippen LogP contribution in [0.5, 0.6) is 0 Å². The first-order chi connectivity index (χ1) is 11.7. The topological polar surface area (TPSA) is 86.7 Å². The number of carboxylic acids is 1. The quantitative estimate of drug-likeness (QED) is 0.726. The van der Waals surface area contributed by atoms with Gasteiger partial charge in [0.25, 0.3) is 0 Å². The Morgan fingerprint density at radius 2 is 1.96 bits per heavy atom. The average Bonchev–Trinajstić information content (AvgIpc) is 2.96. The fourth-order valence-electron chi connectivity index (χ4n) is 2.64. The van der Waals surface area contributed by atoms with Gasteiger partial charge >= 0.3 is 5.97 Å². The molecule has 0 saturated carbocycles. The van der Waals surface area contributed by atoms with Gasteiger partial charge in [-0.3, -0.25) is 14.4 Å². The number of aliphatic carboxylic acids is 1. The highest BCUT2D eigenvalue weighted by Gasteiger charge is 2.35. The molecule has 6 nitrogen and oxygen atoms in total. The Balaban J connectivity index is 1.90. The molecule has 0 aromatic heterocycles. The summed E-state index contributed by atoms with van der Waals surface area (Å²) >= 11 is 1.63. The Morgan fingerprint density at radius 1 is 1.32 bits per heavy atom. The van der Waals surface area contributed by atoms with E-state index in [0.717, 1.165) is 10.6 Å². The Morgan fingerprint density at radius 3 is 2.52 bits per heavy atom. The Bertz CT molecular complexity index is 658. The van der Waals surface area contributed by atoms with Crippen LogP contribution in [0.1, 0.15) is 26.7 Å². The molecule has 1 aromatic rings. The fraction of sp³-hybridized carbons (Fsp3) is 0.500. The van der Waals surface area contributed by atoms with E-state index in [1.165, 1.54) is 0 Å². The van der Waals surface area contributed by atoms with Crippen LogP contribution in [-0.4, -0.2) is 42.2 Å². The lowest BCUT2D eigenvalue weighted by Crippen LogP contribution is -2.36. The molecule has 1 fully saturated rings. The van der Waals surface area contributed by atoms with Crippen LogP contribution in [0.4, 0.5) is 5.69 Å². The summed E-state index contributed by atoms with van der Waals surface area (Å²) in [6, 6.07) is 7.68. The van der Waals surface area contributed by atoms with Gasteiger partial charge in [-0.15, -0.1) is 11.8 Å². The van der Waals surface area contributed by atoms with Crippen molar-refractivity contribution in [2.45, 2.75) is 31.6 Å². The van der Waals surface area contributed by atoms with Crippen molar-refractivity contribution < 1.29 is 19.5 Å². The van der Waals surface area contributed by atoms with Crippen molar-refractivity contribution in [2.24, 2.45) is 11.3 Å². The molecule has 0 radical (unpaired) electrons. The van der Waals surface area contributed by atoms with E-state index in [-0.39, 0.29) is 24.8 Å². The number of hydrogen-bond donors (Lipinski definition) is 2. The van der Waals surface area contributed by atoms with Crippen LogP contribution in [0.3, 0.4) is 0 Å². The molecule has 0 aliphatic carbocycles. The van der Waals surface area contributed by atoms with Gasteiger partial charge in [-0.25, -0.2) is 0 Å². The van der Waals surface area contributed by atoms with E-state index in [9.17, 15) is 14.4 Å². The van der Waals surface area contributed by atoms with Gasteiger partial charge < -0.3 is 15.3 Å². The molecule has 7 heteroatoms. The lowest BCUT2D eigenvalue weighted by atomic mass is 9.89. The molecule has 1 aromatic carbocycles. The maximum atomic E-state index is 12.3. The van der Waals surface area contributed by atoms with E-state index in [1.807, 2.05) is 30.5 Å². The van der Waals surface area contributed by atoms with Crippen LogP contribution in [0, 0.1) is 11.3 Å². The summed E-state index contributed by atoms with van der Waals surface area (Å²) in [5.74, 6) is -1.56. The molecule has 2 rings (SSSR count). The van der Waals surface area contributed by atoms with Gasteiger partial charge in [-0.05, 0) is 50.8 Å². The molecular weight excluding hydrogens is 340 g/mol. The van der Waals surface area contributed by atoms with Crippen molar-refractivity contribution >= 4 is 35.2 Å². The second-order valence-corrected chi connectivity index (χ2v) is 7.71. The van der Waals surface area contributed by atoms with Gasteiger partial charge in [0, 0.05) is 30.1 Å². The molecule has 1 atom stereocenters. The highest BCUT2D eigenvalue weighted by molar-refractivity contribution is 7.98. The van der Waals surface area contributed by atoms with E-state index in [1.54, 1.807) is 30.5 Å². The number of carboxylic acid groups (broad SMARTS) is 1. The number of nitrogens with one attached hydrogen (secondary N) is 1. The number of hydrogen-bond acceptors (Lipinski definition) is 4. The number of benzene rings is 1. The van der Waals surface area contributed by atoms with Crippen molar-refractivity contribution in [3.05, 3.63) is 24.3 Å². The van der Waals surface area contributed by atoms with Crippen molar-refractivity contribution in [1.29, 1.82) is 0 Å². The molecule has 1 saturated heterocycles. The zero-order valence-corrected chi connectivity index (χ0v) is 15.6. The number of rotatable bonds is 7. The van der Waals surface area contributed by atoms with Gasteiger partial charge in [0.15, 0.2) is 0 Å². The number of carbonyl (C=O) groups is 3. The summed E-state index contributed by atoms with van der Waals surface area (Å²) in [7, 11) is 0. The predicted octanol–water partition coefficient (Wildman–Crippen LogP) is 2.38. The molecule has 136 valence electrons. The van der Waals surface area contributed by atoms with Crippen molar-refractivity contribution in [3.63, 3.8) is 0 Å². The van der Waals surface area contributed by atoms with Crippen LogP contribution in [0.15, 0.2) is 29.2 Å². The second kappa shape index (κ2) is 7.91. The minimum absolute atomic E-state index is 0.0667. The maximum absolute atomic E-state index is 12.3. The molecular formula is C18H24N2O4S. The highest BCUT2D eigenvalue weighted by atomic mass is 32.2. The van der Waals surface area contributed by atoms with Gasteiger partial charge in [-0.1, -0.05) is 0 Å². The van der Waals surface area contributed by atoms with Crippen LogP contribution in [-0.2, 0) is 14.4 Å². The molecule has 2 amide bonds. The SMILES string of the molecule is CSc1ccc(N2CC(C(=O)NCCC(C)(C)C(=O)O)CC2=O)cc1. The lowest BCUT2D eigenvalue weighted by Gasteiger charge is -2.20. The van der Waals surface area contributed by atoms with E-state index in [2.05, 4.69) is 5.32 Å². The van der Waals surface area contributed by atoms with Crippen LogP contribution >= 0.6 is 11.8 Å². The first-order valence-electron chi connectivity index (χ1n) is 8.20. The van der Waals surface area contributed by atoms with E-state index >= 15 is 0 Å². The first kappa shape index (κ1) is 19.3. The lowest BCUT2D eigenvalue weighted by molar-refractivity contribution is -0.147. The standard InChI is InChI=1S/C18H24N2O4S/c1-18(2,17(23)24)8-9-19-16(22)12-10-15(21)20(11-12)13-4-6-14(25-3)7-5-13/h4-7,12H,8-11H2,1-3H3,(H,19,22)(H,23,24). The molecule has 0 spiro atoms. The van der Waals surface area contributed by atoms with Crippen LogP contribution < -0.4 is 10.2 Å². The zero-order valence-electron chi connectivity index (χ0n) is 14.7. The van der Waals surface area contributed by atoms with Crippen LogP contribution in [0.2, 0.25) is 0 Å². The molecule has 1 aliphatic heterocycles. The molecule has 0 bridgehead atoms. The van der Waals surface area contributed by atoms with E-state index in [0.29, 0.717) is 13.0 Å². The summed E-state index contributed by atoms with van der Waals surface area (Å²) in [6.07, 6.45) is 2.51. The maximum Gasteiger partial charge on any atom is 0.309 e. The fourth-order valence-corrected chi connectivity index (χ4v) is 3.05. The predicted molar refractivity (Wildman–Crippen MR) is 97.7 cm³/mol. The van der Waals surface area contributed by atoms with Crippen molar-refractivity contribution in [2.75, 3.05) is 24.2 Å². The summed E-state index contributed by atoms with van der Waals surface area (Å²) in [5.41, 5.74) is -0.0887. The average molecular weight is 364 g/mol. The summed E-state index contributed by atoms with van der Waals surface area (Å²) < 4.78 is 0. The third kappa shape index (κ3) is 4.75. The largest absolute Gasteiger partial charge is 0.481 e. The Hall–Kier alpha value is -2.02. The summed E-state index contributed by atoms with van der Waals surface area (Å²) in [4.78, 5) is 38.3. The zero-order chi connectivity index (χ0) is 18.6. The molecule has 1 heterocycles. The number of nitrogens with zero attached hydrogens (tertiary/aromatic N) is 1. The highest BCUT2D eigenvalue weighted by Crippen LogP contribution is 2.27. The Labute approximate surface area is 152 Å². The van der Waals surface area contributed by atoms with Gasteiger partial charge in [0.1, 0.15) is 0 Å². The smallest absolute Gasteiger partial charge is 0.309 e. The molecule has 2 N–H and O–H groups in total. The number of amides is 2. The van der Waals surface area contributed by atoms with E-state index in [4.69, 9.17) is 5.11 Å². The Kier molecular flexibility index (Phi) is 6.11. The molecule has 25 heavy (non-hydrogen) atoms. The van der Waals surface area contributed by atoms with E-state index < -0.39 is 17.3 Å². The monoisotopic (exact) mass is 364 g/mol. The van der Waals surface area contributed by atoms with Crippen LogP contribution in [0.25, 0.3) is 0 Å². The number of anilines is 1. The van der Waals surface area contributed by atoms with Gasteiger partial charge in [0.2, 0.25) is 11.8 Å². The third-order valence-electron chi connectivity index (χ3n) is 4.51. The van der Waals surface area contributed by atoms with Gasteiger partial charge in [-0.2, -0.15) is 0 Å². The summed E-state index contributed by atoms with van der Waals surface area (Å²) in [5, 5.41) is 11.8. The summed E-state index contributed by atoms with van der Waals surface area (Å²) in [6.45, 7) is 3.89. The second-order valence-electron chi connectivity index (χ2n) is 6.83. The number of thioether (sulfide) groups is 1. The molecule has 1 unspecified atom stereocenters. The molecule has 1 aliphatic rings. The minimum atomic E-state index is -0.891. The third-order valence-corrected chi connectivity index (χ3v) is 5.25.